The first-order valence-electron chi connectivity index (χ1n) is 8.03. The SMILES string of the molecule is CC(C)(C)OC(=O)N1CCN(C(=O)Nc2ccccc2C(=O)O)CC1. The normalized spacial score (nSPS) is 14.8. The number of nitrogens with zero attached hydrogens (tertiary/aromatic N) is 2. The third-order valence-electron chi connectivity index (χ3n) is 3.62. The van der Waals surface area contributed by atoms with Crippen LogP contribution in [0, 0.1) is 0 Å². The number of hydrogen-bond donors (Lipinski definition) is 2. The summed E-state index contributed by atoms with van der Waals surface area (Å²) in [6.45, 7) is 6.82. The second-order valence-corrected chi connectivity index (χ2v) is 6.74. The van der Waals surface area contributed by atoms with Crippen LogP contribution >= 0.6 is 0 Å². The standard InChI is InChI=1S/C17H23N3O5/c1-17(2,3)25-16(24)20-10-8-19(9-11-20)15(23)18-13-7-5-4-6-12(13)14(21)22/h4-7H,8-11H2,1-3H3,(H,18,23)(H,21,22). The number of anilines is 1. The zero-order valence-corrected chi connectivity index (χ0v) is 14.6. The lowest BCUT2D eigenvalue weighted by molar-refractivity contribution is 0.0174. The molecule has 0 spiro atoms. The Morgan fingerprint density at radius 3 is 2.16 bits per heavy atom. The van der Waals surface area contributed by atoms with E-state index in [0.29, 0.717) is 26.2 Å². The zero-order chi connectivity index (χ0) is 18.6. The van der Waals surface area contributed by atoms with Gasteiger partial charge in [-0.15, -0.1) is 0 Å². The Morgan fingerprint density at radius 2 is 1.60 bits per heavy atom. The minimum Gasteiger partial charge on any atom is -0.478 e. The van der Waals surface area contributed by atoms with Crippen molar-refractivity contribution < 1.29 is 24.2 Å². The molecule has 1 aromatic rings. The Hall–Kier alpha value is -2.77. The van der Waals surface area contributed by atoms with Crippen molar-refractivity contribution in [1.82, 2.24) is 9.80 Å². The van der Waals surface area contributed by atoms with Gasteiger partial charge in [-0.3, -0.25) is 0 Å². The molecule has 1 aliphatic heterocycles. The highest BCUT2D eigenvalue weighted by atomic mass is 16.6. The molecule has 0 aromatic heterocycles. The van der Waals surface area contributed by atoms with Crippen molar-refractivity contribution in [3.8, 4) is 0 Å². The fourth-order valence-electron chi connectivity index (χ4n) is 2.39. The van der Waals surface area contributed by atoms with E-state index in [-0.39, 0.29) is 11.3 Å². The number of rotatable bonds is 2. The van der Waals surface area contributed by atoms with Crippen molar-refractivity contribution in [1.29, 1.82) is 0 Å². The van der Waals surface area contributed by atoms with Crippen molar-refractivity contribution in [2.45, 2.75) is 26.4 Å². The van der Waals surface area contributed by atoms with Crippen molar-refractivity contribution in [2.24, 2.45) is 0 Å². The summed E-state index contributed by atoms with van der Waals surface area (Å²) in [5.41, 5.74) is -0.288. The molecule has 8 heteroatoms. The molecule has 25 heavy (non-hydrogen) atoms. The van der Waals surface area contributed by atoms with Gasteiger partial charge in [-0.25, -0.2) is 14.4 Å². The first-order valence-corrected chi connectivity index (χ1v) is 8.03. The summed E-state index contributed by atoms with van der Waals surface area (Å²) in [7, 11) is 0. The van der Waals surface area contributed by atoms with Gasteiger partial charge in [0.15, 0.2) is 0 Å². The number of carbonyl (C=O) groups excluding carboxylic acids is 2. The highest BCUT2D eigenvalue weighted by Crippen LogP contribution is 2.17. The van der Waals surface area contributed by atoms with Gasteiger partial charge in [-0.1, -0.05) is 12.1 Å². The first kappa shape index (κ1) is 18.6. The van der Waals surface area contributed by atoms with Gasteiger partial charge in [0.1, 0.15) is 5.60 Å². The first-order chi connectivity index (χ1) is 11.7. The van der Waals surface area contributed by atoms with E-state index < -0.39 is 23.7 Å². The fourth-order valence-corrected chi connectivity index (χ4v) is 2.39. The quantitative estimate of drug-likeness (QED) is 0.854. The highest BCUT2D eigenvalue weighted by Gasteiger charge is 2.28. The van der Waals surface area contributed by atoms with Gasteiger partial charge in [0.05, 0.1) is 11.3 Å². The number of para-hydroxylation sites is 1. The molecule has 1 aliphatic rings. The van der Waals surface area contributed by atoms with Crippen LogP contribution in [0.1, 0.15) is 31.1 Å². The van der Waals surface area contributed by atoms with Crippen LogP contribution in [0.5, 0.6) is 0 Å². The smallest absolute Gasteiger partial charge is 0.410 e. The van der Waals surface area contributed by atoms with Crippen LogP contribution in [-0.2, 0) is 4.74 Å². The summed E-state index contributed by atoms with van der Waals surface area (Å²) in [4.78, 5) is 38.6. The van der Waals surface area contributed by atoms with Crippen LogP contribution in [-0.4, -0.2) is 64.8 Å². The molecule has 2 N–H and O–H groups in total. The second-order valence-electron chi connectivity index (χ2n) is 6.74. The average molecular weight is 349 g/mol. The highest BCUT2D eigenvalue weighted by molar-refractivity contribution is 6.00. The van der Waals surface area contributed by atoms with Crippen LogP contribution < -0.4 is 5.32 Å². The predicted molar refractivity (Wildman–Crippen MR) is 91.8 cm³/mol. The monoisotopic (exact) mass is 349 g/mol. The molecule has 0 aliphatic carbocycles. The van der Waals surface area contributed by atoms with Gasteiger partial charge in [0, 0.05) is 26.2 Å². The van der Waals surface area contributed by atoms with Crippen molar-refractivity contribution in [3.05, 3.63) is 29.8 Å². The zero-order valence-electron chi connectivity index (χ0n) is 14.6. The molecule has 0 atom stereocenters. The molecular weight excluding hydrogens is 326 g/mol. The molecule has 3 amide bonds. The molecule has 2 rings (SSSR count). The second kappa shape index (κ2) is 7.42. The lowest BCUT2D eigenvalue weighted by atomic mass is 10.2. The van der Waals surface area contributed by atoms with Gasteiger partial charge in [-0.2, -0.15) is 0 Å². The van der Waals surface area contributed by atoms with Crippen LogP contribution in [0.2, 0.25) is 0 Å². The van der Waals surface area contributed by atoms with E-state index in [2.05, 4.69) is 5.32 Å². The molecule has 0 bridgehead atoms. The van der Waals surface area contributed by atoms with E-state index >= 15 is 0 Å². The van der Waals surface area contributed by atoms with E-state index in [0.717, 1.165) is 0 Å². The maximum Gasteiger partial charge on any atom is 0.410 e. The summed E-state index contributed by atoms with van der Waals surface area (Å²) in [5, 5.41) is 11.8. The summed E-state index contributed by atoms with van der Waals surface area (Å²) in [6, 6.07) is 5.83. The Morgan fingerprint density at radius 1 is 1.04 bits per heavy atom. The maximum absolute atomic E-state index is 12.3. The van der Waals surface area contributed by atoms with E-state index in [1.54, 1.807) is 42.7 Å². The Kier molecular flexibility index (Phi) is 5.51. The fraction of sp³-hybridized carbons (Fsp3) is 0.471. The maximum atomic E-state index is 12.3. The number of benzene rings is 1. The molecule has 0 saturated carbocycles. The summed E-state index contributed by atoms with van der Waals surface area (Å²) >= 11 is 0. The molecule has 0 unspecified atom stereocenters. The third kappa shape index (κ3) is 5.10. The van der Waals surface area contributed by atoms with Gasteiger partial charge in [0.2, 0.25) is 0 Å². The lowest BCUT2D eigenvalue weighted by Crippen LogP contribution is -2.52. The predicted octanol–water partition coefficient (Wildman–Crippen LogP) is 2.47. The number of piperazine rings is 1. The number of nitrogens with one attached hydrogen (secondary N) is 1. The Bertz CT molecular complexity index is 660. The minimum absolute atomic E-state index is 0.0308. The number of amides is 3. The molecule has 0 radical (unpaired) electrons. The van der Waals surface area contributed by atoms with Crippen molar-refractivity contribution in [3.63, 3.8) is 0 Å². The van der Waals surface area contributed by atoms with Crippen LogP contribution in [0.3, 0.4) is 0 Å². The molecule has 1 fully saturated rings. The van der Waals surface area contributed by atoms with Crippen molar-refractivity contribution in [2.75, 3.05) is 31.5 Å². The van der Waals surface area contributed by atoms with E-state index in [4.69, 9.17) is 9.84 Å². The van der Waals surface area contributed by atoms with Gasteiger partial charge in [-0.05, 0) is 32.9 Å². The van der Waals surface area contributed by atoms with E-state index in [9.17, 15) is 14.4 Å². The van der Waals surface area contributed by atoms with E-state index in [1.807, 2.05) is 0 Å². The van der Waals surface area contributed by atoms with Crippen molar-refractivity contribution >= 4 is 23.8 Å². The summed E-state index contributed by atoms with van der Waals surface area (Å²) in [5.74, 6) is -1.11. The number of ether oxygens (including phenoxy) is 1. The van der Waals surface area contributed by atoms with Gasteiger partial charge >= 0.3 is 18.1 Å². The van der Waals surface area contributed by atoms with Crippen LogP contribution in [0.15, 0.2) is 24.3 Å². The Balaban J connectivity index is 1.92. The number of carboxylic acids is 1. The average Bonchev–Trinajstić information content (AvgIpc) is 2.53. The number of hydrogen-bond acceptors (Lipinski definition) is 4. The summed E-state index contributed by atoms with van der Waals surface area (Å²) < 4.78 is 5.31. The molecule has 8 nitrogen and oxygen atoms in total. The van der Waals surface area contributed by atoms with E-state index in [1.165, 1.54) is 12.1 Å². The third-order valence-corrected chi connectivity index (χ3v) is 3.62. The Labute approximate surface area is 146 Å². The largest absolute Gasteiger partial charge is 0.478 e. The molecular formula is C17H23N3O5. The number of carboxylic acid groups (broad SMARTS) is 1. The number of carbonyl (C=O) groups is 3. The van der Waals surface area contributed by atoms with Crippen LogP contribution in [0.25, 0.3) is 0 Å². The minimum atomic E-state index is -1.11. The topological polar surface area (TPSA) is 99.2 Å². The molecule has 1 saturated heterocycles. The number of aromatic carboxylic acids is 1. The molecule has 1 aromatic carbocycles. The lowest BCUT2D eigenvalue weighted by Gasteiger charge is -2.35. The molecule has 1 heterocycles. The summed E-state index contributed by atoms with van der Waals surface area (Å²) in [6.07, 6.45) is -0.399. The van der Waals surface area contributed by atoms with Gasteiger partial charge in [0.25, 0.3) is 0 Å². The number of urea groups is 1. The van der Waals surface area contributed by atoms with Crippen LogP contribution in [0.4, 0.5) is 15.3 Å². The molecule has 136 valence electrons. The van der Waals surface area contributed by atoms with Gasteiger partial charge < -0.3 is 25.0 Å².